The molecule has 28 heavy (non-hydrogen) atoms. The van der Waals surface area contributed by atoms with Crippen molar-refractivity contribution in [1.29, 1.82) is 0 Å². The Hall–Kier alpha value is -3.55. The van der Waals surface area contributed by atoms with Crippen LogP contribution in [-0.2, 0) is 12.7 Å². The minimum absolute atomic E-state index is 0.324. The standard InChI is InChI=1S/C20H15F3N4O/c21-20(22,23)14-7-5-13(6-8-14)10-27-11-17(15-3-1-2-4-18(15)27)26-19(28)16-9-24-12-25-16/h1-9,11-12H,10H2,(H,24,25)(H,26,28). The van der Waals surface area contributed by atoms with E-state index < -0.39 is 11.7 Å². The predicted molar refractivity (Wildman–Crippen MR) is 99.0 cm³/mol. The van der Waals surface area contributed by atoms with Gasteiger partial charge in [0.05, 0.1) is 29.3 Å². The number of carbonyl (C=O) groups is 1. The van der Waals surface area contributed by atoms with Crippen LogP contribution in [0.25, 0.3) is 10.9 Å². The fourth-order valence-electron chi connectivity index (χ4n) is 3.04. The molecule has 0 saturated carbocycles. The number of H-pyrrole nitrogens is 1. The molecule has 8 heteroatoms. The molecule has 142 valence electrons. The molecule has 0 unspecified atom stereocenters. The lowest BCUT2D eigenvalue weighted by Gasteiger charge is -2.09. The van der Waals surface area contributed by atoms with E-state index in [4.69, 9.17) is 0 Å². The van der Waals surface area contributed by atoms with E-state index >= 15 is 0 Å². The molecule has 0 bridgehead atoms. The maximum atomic E-state index is 12.7. The largest absolute Gasteiger partial charge is 0.416 e. The average molecular weight is 384 g/mol. The Kier molecular flexibility index (Phi) is 4.38. The molecular formula is C20H15F3N4O. The highest BCUT2D eigenvalue weighted by molar-refractivity contribution is 6.08. The molecule has 0 aliphatic rings. The van der Waals surface area contributed by atoms with Crippen LogP contribution in [-0.4, -0.2) is 20.4 Å². The van der Waals surface area contributed by atoms with Gasteiger partial charge in [0.15, 0.2) is 0 Å². The molecule has 2 aromatic heterocycles. The molecule has 5 nitrogen and oxygen atoms in total. The van der Waals surface area contributed by atoms with Gasteiger partial charge in [-0.15, -0.1) is 0 Å². The van der Waals surface area contributed by atoms with Crippen molar-refractivity contribution in [2.45, 2.75) is 12.7 Å². The number of anilines is 1. The van der Waals surface area contributed by atoms with Crippen molar-refractivity contribution in [3.05, 3.63) is 84.1 Å². The quantitative estimate of drug-likeness (QED) is 0.536. The molecule has 0 fully saturated rings. The maximum absolute atomic E-state index is 12.7. The number of carbonyl (C=O) groups excluding carboxylic acids is 1. The summed E-state index contributed by atoms with van der Waals surface area (Å²) in [5, 5.41) is 3.68. The molecule has 4 rings (SSSR count). The van der Waals surface area contributed by atoms with Crippen molar-refractivity contribution in [2.75, 3.05) is 5.32 Å². The lowest BCUT2D eigenvalue weighted by molar-refractivity contribution is -0.137. The number of fused-ring (bicyclic) bond motifs is 1. The van der Waals surface area contributed by atoms with Gasteiger partial charge in [0.25, 0.3) is 5.91 Å². The van der Waals surface area contributed by atoms with Crippen LogP contribution in [0.5, 0.6) is 0 Å². The zero-order valence-corrected chi connectivity index (χ0v) is 14.5. The van der Waals surface area contributed by atoms with Gasteiger partial charge in [-0.3, -0.25) is 4.79 Å². The number of para-hydroxylation sites is 1. The monoisotopic (exact) mass is 384 g/mol. The molecular weight excluding hydrogens is 369 g/mol. The normalized spacial score (nSPS) is 11.7. The maximum Gasteiger partial charge on any atom is 0.416 e. The van der Waals surface area contributed by atoms with Gasteiger partial charge < -0.3 is 14.9 Å². The van der Waals surface area contributed by atoms with Crippen molar-refractivity contribution in [3.8, 4) is 0 Å². The van der Waals surface area contributed by atoms with E-state index in [-0.39, 0.29) is 5.91 Å². The van der Waals surface area contributed by atoms with E-state index in [1.165, 1.54) is 24.7 Å². The van der Waals surface area contributed by atoms with Gasteiger partial charge in [-0.1, -0.05) is 30.3 Å². The molecule has 0 radical (unpaired) electrons. The Labute approximate surface area is 157 Å². The number of hydrogen-bond acceptors (Lipinski definition) is 2. The van der Waals surface area contributed by atoms with E-state index in [1.54, 1.807) is 6.20 Å². The summed E-state index contributed by atoms with van der Waals surface area (Å²) >= 11 is 0. The number of amides is 1. The SMILES string of the molecule is O=C(Nc1cn(Cc2ccc(C(F)(F)F)cc2)c2ccccc12)c1cnc[nH]1. The summed E-state index contributed by atoms with van der Waals surface area (Å²) in [5.41, 5.74) is 1.85. The summed E-state index contributed by atoms with van der Waals surface area (Å²) in [5.74, 6) is -0.324. The first kappa shape index (κ1) is 17.8. The summed E-state index contributed by atoms with van der Waals surface area (Å²) in [7, 11) is 0. The van der Waals surface area contributed by atoms with Crippen molar-refractivity contribution in [3.63, 3.8) is 0 Å². The van der Waals surface area contributed by atoms with Crippen LogP contribution in [0.15, 0.2) is 67.3 Å². The molecule has 2 heterocycles. The van der Waals surface area contributed by atoms with Gasteiger partial charge in [0, 0.05) is 18.1 Å². The highest BCUT2D eigenvalue weighted by Crippen LogP contribution is 2.30. The third kappa shape index (κ3) is 3.48. The third-order valence-corrected chi connectivity index (χ3v) is 4.41. The van der Waals surface area contributed by atoms with Gasteiger partial charge in [-0.05, 0) is 23.8 Å². The van der Waals surface area contributed by atoms with E-state index in [1.807, 2.05) is 28.8 Å². The van der Waals surface area contributed by atoms with Gasteiger partial charge in [-0.25, -0.2) is 4.98 Å². The van der Waals surface area contributed by atoms with Crippen LogP contribution in [0.4, 0.5) is 18.9 Å². The second kappa shape index (κ2) is 6.88. The second-order valence-electron chi connectivity index (χ2n) is 6.30. The highest BCUT2D eigenvalue weighted by atomic mass is 19.4. The molecule has 0 saturated heterocycles. The van der Waals surface area contributed by atoms with Crippen LogP contribution in [0.2, 0.25) is 0 Å². The van der Waals surface area contributed by atoms with Crippen molar-refractivity contribution >= 4 is 22.5 Å². The Morgan fingerprint density at radius 1 is 1.11 bits per heavy atom. The lowest BCUT2D eigenvalue weighted by Crippen LogP contribution is -2.12. The molecule has 0 atom stereocenters. The second-order valence-corrected chi connectivity index (χ2v) is 6.30. The third-order valence-electron chi connectivity index (χ3n) is 4.41. The van der Waals surface area contributed by atoms with Crippen LogP contribution >= 0.6 is 0 Å². The number of hydrogen-bond donors (Lipinski definition) is 2. The Bertz CT molecular complexity index is 1110. The topological polar surface area (TPSA) is 62.7 Å². The number of alkyl halides is 3. The summed E-state index contributed by atoms with van der Waals surface area (Å²) in [4.78, 5) is 18.9. The first-order valence-electron chi connectivity index (χ1n) is 8.45. The number of nitrogens with one attached hydrogen (secondary N) is 2. The molecule has 2 N–H and O–H groups in total. The van der Waals surface area contributed by atoms with Gasteiger partial charge in [0.2, 0.25) is 0 Å². The minimum Gasteiger partial charge on any atom is -0.341 e. The summed E-state index contributed by atoms with van der Waals surface area (Å²) in [6.45, 7) is 0.374. The lowest BCUT2D eigenvalue weighted by atomic mass is 10.1. The van der Waals surface area contributed by atoms with E-state index in [0.29, 0.717) is 17.9 Å². The highest BCUT2D eigenvalue weighted by Gasteiger charge is 2.29. The van der Waals surface area contributed by atoms with Crippen molar-refractivity contribution < 1.29 is 18.0 Å². The minimum atomic E-state index is -4.36. The first-order valence-corrected chi connectivity index (χ1v) is 8.45. The van der Waals surface area contributed by atoms with E-state index in [9.17, 15) is 18.0 Å². The Morgan fingerprint density at radius 2 is 1.86 bits per heavy atom. The van der Waals surface area contributed by atoms with Crippen molar-refractivity contribution in [2.24, 2.45) is 0 Å². The number of nitrogens with zero attached hydrogens (tertiary/aromatic N) is 2. The fraction of sp³-hybridized carbons (Fsp3) is 0.100. The summed E-state index contributed by atoms with van der Waals surface area (Å²) < 4.78 is 40.1. The van der Waals surface area contributed by atoms with Crippen LogP contribution < -0.4 is 5.32 Å². The first-order chi connectivity index (χ1) is 13.4. The predicted octanol–water partition coefficient (Wildman–Crippen LogP) is 4.68. The van der Waals surface area contributed by atoms with Crippen LogP contribution in [0.3, 0.4) is 0 Å². The number of aromatic nitrogens is 3. The number of aromatic amines is 1. The van der Waals surface area contributed by atoms with Crippen molar-refractivity contribution in [1.82, 2.24) is 14.5 Å². The molecule has 1 amide bonds. The van der Waals surface area contributed by atoms with E-state index in [0.717, 1.165) is 28.6 Å². The fourth-order valence-corrected chi connectivity index (χ4v) is 3.04. The van der Waals surface area contributed by atoms with Crippen LogP contribution in [0.1, 0.15) is 21.6 Å². The number of rotatable bonds is 4. The summed E-state index contributed by atoms with van der Waals surface area (Å²) in [6.07, 6.45) is 0.263. The van der Waals surface area contributed by atoms with Gasteiger partial charge in [0.1, 0.15) is 5.69 Å². The molecule has 0 aliphatic carbocycles. The van der Waals surface area contributed by atoms with Gasteiger partial charge in [-0.2, -0.15) is 13.2 Å². The molecule has 4 aromatic rings. The molecule has 0 spiro atoms. The number of halogens is 3. The zero-order valence-electron chi connectivity index (χ0n) is 14.5. The van der Waals surface area contributed by atoms with Crippen LogP contribution in [0, 0.1) is 0 Å². The smallest absolute Gasteiger partial charge is 0.341 e. The Morgan fingerprint density at radius 3 is 2.54 bits per heavy atom. The number of benzene rings is 2. The summed E-state index contributed by atoms with van der Waals surface area (Å²) in [6, 6.07) is 12.6. The average Bonchev–Trinajstić information content (AvgIpc) is 3.31. The molecule has 2 aromatic carbocycles. The van der Waals surface area contributed by atoms with Gasteiger partial charge >= 0.3 is 6.18 Å². The zero-order chi connectivity index (χ0) is 19.7. The molecule has 0 aliphatic heterocycles. The van der Waals surface area contributed by atoms with E-state index in [2.05, 4.69) is 15.3 Å². The Balaban J connectivity index is 1.63. The number of imidazole rings is 1.